The lowest BCUT2D eigenvalue weighted by molar-refractivity contribution is -0.116. The molecule has 126 valence electrons. The molecule has 1 N–H and O–H groups in total. The average Bonchev–Trinajstić information content (AvgIpc) is 2.62. The highest BCUT2D eigenvalue weighted by atomic mass is 35.5. The standard InChI is InChI=1S/C19H21ClN2O2/c20-18-4-2-1-3-15(18)5-10-19(23)21-16-6-8-17(9-7-16)22-11-13-24-14-12-22/h1-4,6-9H,5,10-14H2,(H,21,23). The van der Waals surface area contributed by atoms with Gasteiger partial charge >= 0.3 is 0 Å². The molecule has 0 aliphatic carbocycles. The Bertz CT molecular complexity index is 682. The highest BCUT2D eigenvalue weighted by Gasteiger charge is 2.11. The first-order valence-corrected chi connectivity index (χ1v) is 8.56. The van der Waals surface area contributed by atoms with Crippen LogP contribution in [0.4, 0.5) is 11.4 Å². The van der Waals surface area contributed by atoms with Crippen molar-refractivity contribution in [1.82, 2.24) is 0 Å². The number of carbonyl (C=O) groups excluding carboxylic acids is 1. The molecule has 0 spiro atoms. The fraction of sp³-hybridized carbons (Fsp3) is 0.316. The Kier molecular flexibility index (Phi) is 5.72. The van der Waals surface area contributed by atoms with E-state index in [0.717, 1.165) is 43.2 Å². The van der Waals surface area contributed by atoms with Crippen molar-refractivity contribution in [2.24, 2.45) is 0 Å². The van der Waals surface area contributed by atoms with Gasteiger partial charge in [-0.25, -0.2) is 0 Å². The molecule has 1 fully saturated rings. The van der Waals surface area contributed by atoms with Crippen molar-refractivity contribution in [2.75, 3.05) is 36.5 Å². The maximum atomic E-state index is 12.1. The minimum absolute atomic E-state index is 0.00552. The Balaban J connectivity index is 1.52. The Morgan fingerprint density at radius 1 is 1.08 bits per heavy atom. The number of hydrogen-bond acceptors (Lipinski definition) is 3. The minimum Gasteiger partial charge on any atom is -0.378 e. The van der Waals surface area contributed by atoms with Crippen LogP contribution in [0.25, 0.3) is 0 Å². The van der Waals surface area contributed by atoms with Crippen molar-refractivity contribution < 1.29 is 9.53 Å². The van der Waals surface area contributed by atoms with Crippen LogP contribution in [0.3, 0.4) is 0 Å². The molecular formula is C19H21ClN2O2. The normalized spacial score (nSPS) is 14.5. The van der Waals surface area contributed by atoms with Crippen LogP contribution in [0.1, 0.15) is 12.0 Å². The van der Waals surface area contributed by atoms with Crippen LogP contribution in [-0.2, 0) is 16.0 Å². The number of benzene rings is 2. The first-order valence-electron chi connectivity index (χ1n) is 8.18. The van der Waals surface area contributed by atoms with E-state index >= 15 is 0 Å². The maximum Gasteiger partial charge on any atom is 0.224 e. The molecule has 1 aliphatic rings. The van der Waals surface area contributed by atoms with Gasteiger partial charge in [-0.1, -0.05) is 29.8 Å². The van der Waals surface area contributed by atoms with E-state index in [2.05, 4.69) is 10.2 Å². The van der Waals surface area contributed by atoms with Crippen molar-refractivity contribution in [3.05, 3.63) is 59.1 Å². The van der Waals surface area contributed by atoms with Crippen LogP contribution >= 0.6 is 11.6 Å². The lowest BCUT2D eigenvalue weighted by atomic mass is 10.1. The third-order valence-electron chi connectivity index (χ3n) is 4.11. The van der Waals surface area contributed by atoms with E-state index in [1.165, 1.54) is 0 Å². The van der Waals surface area contributed by atoms with Crippen molar-refractivity contribution in [3.63, 3.8) is 0 Å². The second-order valence-electron chi connectivity index (χ2n) is 5.79. The molecule has 5 heteroatoms. The first-order chi connectivity index (χ1) is 11.7. The summed E-state index contributed by atoms with van der Waals surface area (Å²) in [6.07, 6.45) is 1.05. The largest absolute Gasteiger partial charge is 0.378 e. The number of hydrogen-bond donors (Lipinski definition) is 1. The van der Waals surface area contributed by atoms with Gasteiger partial charge in [-0.2, -0.15) is 0 Å². The zero-order chi connectivity index (χ0) is 16.8. The summed E-state index contributed by atoms with van der Waals surface area (Å²) in [7, 11) is 0. The van der Waals surface area contributed by atoms with E-state index in [1.807, 2.05) is 48.5 Å². The van der Waals surface area contributed by atoms with Crippen molar-refractivity contribution in [1.29, 1.82) is 0 Å². The summed E-state index contributed by atoms with van der Waals surface area (Å²) in [5, 5.41) is 3.65. The summed E-state index contributed by atoms with van der Waals surface area (Å²) in [6, 6.07) is 15.6. The van der Waals surface area contributed by atoms with Gasteiger partial charge in [0.1, 0.15) is 0 Å². The van der Waals surface area contributed by atoms with E-state index in [1.54, 1.807) is 0 Å². The zero-order valence-corrected chi connectivity index (χ0v) is 14.3. The fourth-order valence-corrected chi connectivity index (χ4v) is 2.98. The van der Waals surface area contributed by atoms with Gasteiger partial charge in [-0.15, -0.1) is 0 Å². The molecule has 0 saturated carbocycles. The number of anilines is 2. The molecule has 24 heavy (non-hydrogen) atoms. The van der Waals surface area contributed by atoms with Gasteiger partial charge in [-0.05, 0) is 42.3 Å². The highest BCUT2D eigenvalue weighted by molar-refractivity contribution is 6.31. The molecule has 0 atom stereocenters. The number of ether oxygens (including phenoxy) is 1. The molecule has 0 bridgehead atoms. The van der Waals surface area contributed by atoms with Crippen LogP contribution in [-0.4, -0.2) is 32.2 Å². The molecule has 0 radical (unpaired) electrons. The number of nitrogens with zero attached hydrogens (tertiary/aromatic N) is 1. The lowest BCUT2D eigenvalue weighted by Crippen LogP contribution is -2.36. The molecule has 1 aliphatic heterocycles. The van der Waals surface area contributed by atoms with Gasteiger partial charge in [0.15, 0.2) is 0 Å². The molecule has 2 aromatic rings. The third kappa shape index (κ3) is 4.49. The van der Waals surface area contributed by atoms with Crippen LogP contribution in [0.5, 0.6) is 0 Å². The van der Waals surface area contributed by atoms with E-state index in [4.69, 9.17) is 16.3 Å². The SMILES string of the molecule is O=C(CCc1ccccc1Cl)Nc1ccc(N2CCOCC2)cc1. The molecular weight excluding hydrogens is 324 g/mol. The number of nitrogens with one attached hydrogen (secondary N) is 1. The van der Waals surface area contributed by atoms with E-state index in [-0.39, 0.29) is 5.91 Å². The van der Waals surface area contributed by atoms with Crippen molar-refractivity contribution >= 4 is 28.9 Å². The monoisotopic (exact) mass is 344 g/mol. The first kappa shape index (κ1) is 16.8. The zero-order valence-electron chi connectivity index (χ0n) is 13.5. The summed E-state index contributed by atoms with van der Waals surface area (Å²) in [5.41, 5.74) is 2.97. The number of morpholine rings is 1. The quantitative estimate of drug-likeness (QED) is 0.898. The summed E-state index contributed by atoms with van der Waals surface area (Å²) in [4.78, 5) is 14.4. The van der Waals surface area contributed by atoms with Gasteiger partial charge < -0.3 is 15.0 Å². The van der Waals surface area contributed by atoms with Crippen LogP contribution in [0.15, 0.2) is 48.5 Å². The Morgan fingerprint density at radius 2 is 1.79 bits per heavy atom. The summed E-state index contributed by atoms with van der Waals surface area (Å²) in [5.74, 6) is -0.00552. The van der Waals surface area contributed by atoms with Gasteiger partial charge in [0.05, 0.1) is 13.2 Å². The topological polar surface area (TPSA) is 41.6 Å². The molecule has 1 saturated heterocycles. The minimum atomic E-state index is -0.00552. The Morgan fingerprint density at radius 3 is 2.50 bits per heavy atom. The smallest absolute Gasteiger partial charge is 0.224 e. The molecule has 3 rings (SSSR count). The molecule has 0 aromatic heterocycles. The van der Waals surface area contributed by atoms with E-state index < -0.39 is 0 Å². The third-order valence-corrected chi connectivity index (χ3v) is 4.48. The number of carbonyl (C=O) groups is 1. The average molecular weight is 345 g/mol. The molecule has 0 unspecified atom stereocenters. The van der Waals surface area contributed by atoms with E-state index in [9.17, 15) is 4.79 Å². The lowest BCUT2D eigenvalue weighted by Gasteiger charge is -2.28. The predicted molar refractivity (Wildman–Crippen MR) is 97.9 cm³/mol. The molecule has 1 amide bonds. The summed E-state index contributed by atoms with van der Waals surface area (Å²) < 4.78 is 5.36. The van der Waals surface area contributed by atoms with Crippen LogP contribution in [0, 0.1) is 0 Å². The number of amides is 1. The number of rotatable bonds is 5. The van der Waals surface area contributed by atoms with Gasteiger partial charge in [0.2, 0.25) is 5.91 Å². The summed E-state index contributed by atoms with van der Waals surface area (Å²) >= 11 is 6.11. The second kappa shape index (κ2) is 8.18. The van der Waals surface area contributed by atoms with E-state index in [0.29, 0.717) is 17.9 Å². The molecule has 2 aromatic carbocycles. The van der Waals surface area contributed by atoms with Crippen LogP contribution < -0.4 is 10.2 Å². The molecule has 1 heterocycles. The summed E-state index contributed by atoms with van der Waals surface area (Å²) in [6.45, 7) is 3.34. The fourth-order valence-electron chi connectivity index (χ4n) is 2.75. The number of halogens is 1. The van der Waals surface area contributed by atoms with Gasteiger partial charge in [0, 0.05) is 35.9 Å². The number of aryl methyl sites for hydroxylation is 1. The molecule has 4 nitrogen and oxygen atoms in total. The van der Waals surface area contributed by atoms with Crippen LogP contribution in [0.2, 0.25) is 5.02 Å². The van der Waals surface area contributed by atoms with Crippen molar-refractivity contribution in [3.8, 4) is 0 Å². The predicted octanol–water partition coefficient (Wildman–Crippen LogP) is 3.75. The van der Waals surface area contributed by atoms with Gasteiger partial charge in [-0.3, -0.25) is 4.79 Å². The Hall–Kier alpha value is -2.04. The Labute approximate surface area is 147 Å². The maximum absolute atomic E-state index is 12.1. The second-order valence-corrected chi connectivity index (χ2v) is 6.19. The highest BCUT2D eigenvalue weighted by Crippen LogP contribution is 2.20. The van der Waals surface area contributed by atoms with Crippen molar-refractivity contribution in [2.45, 2.75) is 12.8 Å². The van der Waals surface area contributed by atoms with Gasteiger partial charge in [0.25, 0.3) is 0 Å².